The maximum Gasteiger partial charge on any atom is 0.257 e. The zero-order valence-electron chi connectivity index (χ0n) is 16.6. The molecule has 0 saturated heterocycles. The van der Waals surface area contributed by atoms with Crippen LogP contribution in [0, 0.1) is 6.92 Å². The number of rotatable bonds is 4. The number of nitrogen functional groups attached to an aromatic ring is 1. The van der Waals surface area contributed by atoms with Crippen molar-refractivity contribution >= 4 is 5.95 Å². The molecule has 0 saturated carbocycles. The SMILES string of the molecule is Cc1ccc(-c2nn(-c3ccccc3)cc2CN2CCc3nc(N)[nH]c(=O)c3C2)o1. The summed E-state index contributed by atoms with van der Waals surface area (Å²) in [6, 6.07) is 13.9. The van der Waals surface area contributed by atoms with Crippen molar-refractivity contribution in [3.63, 3.8) is 0 Å². The quantitative estimate of drug-likeness (QED) is 0.544. The summed E-state index contributed by atoms with van der Waals surface area (Å²) >= 11 is 0. The van der Waals surface area contributed by atoms with Gasteiger partial charge in [0.15, 0.2) is 5.76 Å². The van der Waals surface area contributed by atoms with Crippen molar-refractivity contribution in [2.24, 2.45) is 0 Å². The highest BCUT2D eigenvalue weighted by Gasteiger charge is 2.23. The van der Waals surface area contributed by atoms with Crippen LogP contribution in [-0.2, 0) is 19.5 Å². The van der Waals surface area contributed by atoms with Gasteiger partial charge in [-0.2, -0.15) is 5.10 Å². The molecule has 4 aromatic rings. The third kappa shape index (κ3) is 3.42. The summed E-state index contributed by atoms with van der Waals surface area (Å²) in [4.78, 5) is 21.4. The molecule has 0 bridgehead atoms. The Morgan fingerprint density at radius 2 is 2.03 bits per heavy atom. The second-order valence-electron chi connectivity index (χ2n) is 7.53. The Labute approximate surface area is 173 Å². The lowest BCUT2D eigenvalue weighted by molar-refractivity contribution is 0.242. The molecule has 0 fully saturated rings. The van der Waals surface area contributed by atoms with Crippen LogP contribution in [0.3, 0.4) is 0 Å². The molecule has 1 aromatic carbocycles. The number of furan rings is 1. The van der Waals surface area contributed by atoms with Gasteiger partial charge in [-0.25, -0.2) is 9.67 Å². The maximum atomic E-state index is 12.3. The molecular formula is C22H22N6O2. The predicted molar refractivity (Wildman–Crippen MR) is 113 cm³/mol. The molecule has 0 spiro atoms. The van der Waals surface area contributed by atoms with Gasteiger partial charge in [-0.15, -0.1) is 0 Å². The van der Waals surface area contributed by atoms with E-state index in [1.54, 1.807) is 0 Å². The van der Waals surface area contributed by atoms with Crippen LogP contribution >= 0.6 is 0 Å². The minimum absolute atomic E-state index is 0.163. The van der Waals surface area contributed by atoms with Crippen LogP contribution in [-0.4, -0.2) is 31.2 Å². The van der Waals surface area contributed by atoms with E-state index in [9.17, 15) is 4.79 Å². The van der Waals surface area contributed by atoms with Gasteiger partial charge in [-0.1, -0.05) is 18.2 Å². The molecule has 1 aliphatic rings. The number of para-hydroxylation sites is 1. The zero-order valence-corrected chi connectivity index (χ0v) is 16.6. The van der Waals surface area contributed by atoms with Gasteiger partial charge in [0, 0.05) is 37.8 Å². The van der Waals surface area contributed by atoms with Crippen LogP contribution in [0.5, 0.6) is 0 Å². The highest BCUT2D eigenvalue weighted by Crippen LogP contribution is 2.28. The van der Waals surface area contributed by atoms with Crippen LogP contribution in [0.25, 0.3) is 17.1 Å². The number of aryl methyl sites for hydroxylation is 1. The van der Waals surface area contributed by atoms with Crippen LogP contribution in [0.2, 0.25) is 0 Å². The number of aromatic amines is 1. The molecular weight excluding hydrogens is 380 g/mol. The van der Waals surface area contributed by atoms with Crippen molar-refractivity contribution in [2.75, 3.05) is 12.3 Å². The summed E-state index contributed by atoms with van der Waals surface area (Å²) in [5.41, 5.74) is 9.81. The molecule has 3 N–H and O–H groups in total. The number of hydrogen-bond acceptors (Lipinski definition) is 6. The Bertz CT molecular complexity index is 1250. The third-order valence-corrected chi connectivity index (χ3v) is 5.34. The smallest absolute Gasteiger partial charge is 0.257 e. The molecule has 8 heteroatoms. The van der Waals surface area contributed by atoms with E-state index in [-0.39, 0.29) is 11.5 Å². The van der Waals surface area contributed by atoms with Gasteiger partial charge in [0.1, 0.15) is 11.5 Å². The van der Waals surface area contributed by atoms with Crippen LogP contribution in [0.4, 0.5) is 5.95 Å². The molecule has 4 heterocycles. The Morgan fingerprint density at radius 3 is 2.80 bits per heavy atom. The van der Waals surface area contributed by atoms with E-state index in [0.29, 0.717) is 25.1 Å². The van der Waals surface area contributed by atoms with E-state index < -0.39 is 0 Å². The topological polar surface area (TPSA) is 106 Å². The number of nitrogens with two attached hydrogens (primary N) is 1. The summed E-state index contributed by atoms with van der Waals surface area (Å²) in [7, 11) is 0. The van der Waals surface area contributed by atoms with Crippen molar-refractivity contribution in [3.8, 4) is 17.1 Å². The highest BCUT2D eigenvalue weighted by atomic mass is 16.3. The largest absolute Gasteiger partial charge is 0.460 e. The Morgan fingerprint density at radius 1 is 1.20 bits per heavy atom. The number of anilines is 1. The molecule has 0 atom stereocenters. The number of aromatic nitrogens is 4. The number of nitrogens with one attached hydrogen (secondary N) is 1. The van der Waals surface area contributed by atoms with Crippen molar-refractivity contribution in [1.29, 1.82) is 0 Å². The summed E-state index contributed by atoms with van der Waals surface area (Å²) in [5, 5.41) is 4.80. The first-order valence-corrected chi connectivity index (χ1v) is 9.87. The fourth-order valence-corrected chi connectivity index (χ4v) is 3.88. The summed E-state index contributed by atoms with van der Waals surface area (Å²) in [6.07, 6.45) is 2.72. The fraction of sp³-hybridized carbons (Fsp3) is 0.227. The molecule has 152 valence electrons. The van der Waals surface area contributed by atoms with Gasteiger partial charge in [0.05, 0.1) is 16.9 Å². The van der Waals surface area contributed by atoms with E-state index in [1.165, 1.54) is 0 Å². The van der Waals surface area contributed by atoms with Crippen molar-refractivity contribution in [1.82, 2.24) is 24.6 Å². The minimum atomic E-state index is -0.163. The monoisotopic (exact) mass is 402 g/mol. The second-order valence-corrected chi connectivity index (χ2v) is 7.53. The molecule has 0 amide bonds. The first-order valence-electron chi connectivity index (χ1n) is 9.87. The Balaban J connectivity index is 1.49. The van der Waals surface area contributed by atoms with Crippen LogP contribution < -0.4 is 11.3 Å². The number of nitrogens with zero attached hydrogens (tertiary/aromatic N) is 4. The van der Waals surface area contributed by atoms with E-state index in [4.69, 9.17) is 15.2 Å². The van der Waals surface area contributed by atoms with Crippen molar-refractivity contribution in [3.05, 3.63) is 81.6 Å². The average Bonchev–Trinajstić information content (AvgIpc) is 3.35. The lowest BCUT2D eigenvalue weighted by Crippen LogP contribution is -2.35. The second kappa shape index (κ2) is 7.31. The molecule has 0 aliphatic carbocycles. The van der Waals surface area contributed by atoms with Gasteiger partial charge in [-0.3, -0.25) is 14.7 Å². The summed E-state index contributed by atoms with van der Waals surface area (Å²) < 4.78 is 7.73. The van der Waals surface area contributed by atoms with E-state index in [0.717, 1.165) is 40.7 Å². The number of fused-ring (bicyclic) bond motifs is 1. The first kappa shape index (κ1) is 18.4. The van der Waals surface area contributed by atoms with Crippen LogP contribution in [0.1, 0.15) is 22.6 Å². The van der Waals surface area contributed by atoms with E-state index >= 15 is 0 Å². The van der Waals surface area contributed by atoms with Gasteiger partial charge in [0.25, 0.3) is 5.56 Å². The lowest BCUT2D eigenvalue weighted by Gasteiger charge is -2.27. The van der Waals surface area contributed by atoms with E-state index in [2.05, 4.69) is 14.9 Å². The van der Waals surface area contributed by atoms with Gasteiger partial charge >= 0.3 is 0 Å². The number of H-pyrrole nitrogens is 1. The zero-order chi connectivity index (χ0) is 20.7. The van der Waals surface area contributed by atoms with Gasteiger partial charge in [0.2, 0.25) is 5.95 Å². The predicted octanol–water partition coefficient (Wildman–Crippen LogP) is 2.66. The van der Waals surface area contributed by atoms with E-state index in [1.807, 2.05) is 60.3 Å². The molecule has 1 aliphatic heterocycles. The lowest BCUT2D eigenvalue weighted by atomic mass is 10.1. The molecule has 8 nitrogen and oxygen atoms in total. The van der Waals surface area contributed by atoms with Crippen molar-refractivity contribution in [2.45, 2.75) is 26.4 Å². The standard InChI is InChI=1S/C22H22N6O2/c1-14-7-8-19(30-14)20-15(12-28(26-20)16-5-3-2-4-6-16)11-27-10-9-18-17(13-27)21(29)25-22(23)24-18/h2-8,12H,9-11,13H2,1H3,(H3,23,24,25,29). The summed E-state index contributed by atoms with van der Waals surface area (Å²) in [6.45, 7) is 3.87. The molecule has 5 rings (SSSR count). The van der Waals surface area contributed by atoms with Crippen LogP contribution in [0.15, 0.2) is 57.9 Å². The van der Waals surface area contributed by atoms with Gasteiger partial charge < -0.3 is 10.2 Å². The number of hydrogen-bond donors (Lipinski definition) is 2. The molecule has 3 aromatic heterocycles. The number of benzene rings is 1. The molecule has 30 heavy (non-hydrogen) atoms. The Kier molecular flexibility index (Phi) is 4.48. The summed E-state index contributed by atoms with van der Waals surface area (Å²) in [5.74, 6) is 1.75. The highest BCUT2D eigenvalue weighted by molar-refractivity contribution is 5.58. The van der Waals surface area contributed by atoms with Crippen molar-refractivity contribution < 1.29 is 4.42 Å². The first-order chi connectivity index (χ1) is 14.6. The third-order valence-electron chi connectivity index (χ3n) is 5.34. The molecule has 0 unspecified atom stereocenters. The van der Waals surface area contributed by atoms with Gasteiger partial charge in [-0.05, 0) is 31.2 Å². The minimum Gasteiger partial charge on any atom is -0.460 e. The normalized spacial score (nSPS) is 14.0. The maximum absolute atomic E-state index is 12.3. The Hall–Kier alpha value is -3.65. The molecule has 0 radical (unpaired) electrons. The average molecular weight is 402 g/mol. The fourth-order valence-electron chi connectivity index (χ4n) is 3.88.